The zero-order chi connectivity index (χ0) is 9.26. The van der Waals surface area contributed by atoms with Crippen molar-refractivity contribution in [2.45, 2.75) is 13.5 Å². The lowest BCUT2D eigenvalue weighted by Gasteiger charge is -2.05. The summed E-state index contributed by atoms with van der Waals surface area (Å²) in [6.45, 7) is 1.88. The summed E-state index contributed by atoms with van der Waals surface area (Å²) >= 11 is 0. The van der Waals surface area contributed by atoms with Crippen LogP contribution in [-0.2, 0) is 6.61 Å². The van der Waals surface area contributed by atoms with Gasteiger partial charge in [-0.1, -0.05) is 0 Å². The third-order valence-electron chi connectivity index (χ3n) is 1.80. The van der Waals surface area contributed by atoms with Gasteiger partial charge in [0.25, 0.3) is 0 Å². The molecule has 5 heteroatoms. The smallest absolute Gasteiger partial charge is 0.115 e. The minimum Gasteiger partial charge on any atom is -0.390 e. The number of aromatic nitrogens is 4. The summed E-state index contributed by atoms with van der Waals surface area (Å²) in [4.78, 5) is 8.01. The Balaban J connectivity index is 2.45. The van der Waals surface area contributed by atoms with Crippen LogP contribution in [0.1, 0.15) is 11.4 Å². The number of hydrogen-bond acceptors (Lipinski definition) is 3. The number of aliphatic hydroxyl groups is 1. The van der Waals surface area contributed by atoms with Gasteiger partial charge in [0.05, 0.1) is 24.2 Å². The maximum Gasteiger partial charge on any atom is 0.115 e. The second kappa shape index (κ2) is 3.02. The summed E-state index contributed by atoms with van der Waals surface area (Å²) in [5, 5.41) is 8.98. The van der Waals surface area contributed by atoms with Crippen LogP contribution in [0.25, 0.3) is 0 Å². The number of aliphatic hydroxyl groups excluding tert-OH is 1. The lowest BCUT2D eigenvalue weighted by Crippen LogP contribution is -2.08. The standard InChI is InChI=1S/C8H10N4O/c1-7-3-11(6-10-7)12-5-9-2-8(12)4-13/h2-3,5-6,13H,4H2,1H3. The van der Waals surface area contributed by atoms with Crippen molar-refractivity contribution >= 4 is 0 Å². The zero-order valence-corrected chi connectivity index (χ0v) is 7.25. The second-order valence-corrected chi connectivity index (χ2v) is 2.78. The Labute approximate surface area is 75.3 Å². The van der Waals surface area contributed by atoms with Crippen LogP contribution in [0.15, 0.2) is 25.0 Å². The van der Waals surface area contributed by atoms with Gasteiger partial charge < -0.3 is 5.11 Å². The van der Waals surface area contributed by atoms with Gasteiger partial charge in [0, 0.05) is 6.20 Å². The Kier molecular flexibility index (Phi) is 1.86. The lowest BCUT2D eigenvalue weighted by molar-refractivity contribution is 0.268. The quantitative estimate of drug-likeness (QED) is 0.714. The first kappa shape index (κ1) is 8.00. The summed E-state index contributed by atoms with van der Waals surface area (Å²) in [5.74, 6) is 0. The lowest BCUT2D eigenvalue weighted by atomic mass is 10.5. The molecule has 0 unspecified atom stereocenters. The van der Waals surface area contributed by atoms with E-state index in [0.717, 1.165) is 11.4 Å². The predicted octanol–water partition coefficient (Wildman–Crippen LogP) is 0.192. The molecule has 0 saturated heterocycles. The summed E-state index contributed by atoms with van der Waals surface area (Å²) in [6, 6.07) is 0. The van der Waals surface area contributed by atoms with E-state index in [9.17, 15) is 0 Å². The molecule has 0 radical (unpaired) electrons. The molecule has 0 saturated carbocycles. The van der Waals surface area contributed by atoms with Crippen molar-refractivity contribution in [2.24, 2.45) is 0 Å². The van der Waals surface area contributed by atoms with Crippen molar-refractivity contribution in [2.75, 3.05) is 0 Å². The highest BCUT2D eigenvalue weighted by Gasteiger charge is 2.01. The van der Waals surface area contributed by atoms with E-state index in [1.165, 1.54) is 0 Å². The molecule has 0 aliphatic carbocycles. The highest BCUT2D eigenvalue weighted by molar-refractivity contribution is 5.00. The van der Waals surface area contributed by atoms with Crippen LogP contribution < -0.4 is 0 Å². The van der Waals surface area contributed by atoms with E-state index in [0.29, 0.717) is 0 Å². The molecule has 2 heterocycles. The van der Waals surface area contributed by atoms with Crippen molar-refractivity contribution in [3.8, 4) is 0 Å². The fourth-order valence-corrected chi connectivity index (χ4v) is 1.16. The number of imidazole rings is 2. The summed E-state index contributed by atoms with van der Waals surface area (Å²) in [7, 11) is 0. The van der Waals surface area contributed by atoms with Crippen LogP contribution in [0.3, 0.4) is 0 Å². The third-order valence-corrected chi connectivity index (χ3v) is 1.80. The third kappa shape index (κ3) is 1.33. The number of rotatable bonds is 2. The maximum atomic E-state index is 8.98. The van der Waals surface area contributed by atoms with Crippen LogP contribution in [0.5, 0.6) is 0 Å². The molecule has 0 aromatic carbocycles. The minimum atomic E-state index is -0.0305. The monoisotopic (exact) mass is 178 g/mol. The Morgan fingerprint density at radius 2 is 2.31 bits per heavy atom. The topological polar surface area (TPSA) is 55.9 Å². The number of nitrogens with zero attached hydrogens (tertiary/aromatic N) is 4. The first-order chi connectivity index (χ1) is 6.31. The molecular weight excluding hydrogens is 168 g/mol. The van der Waals surface area contributed by atoms with Gasteiger partial charge in [-0.2, -0.15) is 0 Å². The number of hydrogen-bond donors (Lipinski definition) is 1. The molecule has 0 spiro atoms. The fourth-order valence-electron chi connectivity index (χ4n) is 1.16. The zero-order valence-electron chi connectivity index (χ0n) is 7.25. The highest BCUT2D eigenvalue weighted by atomic mass is 16.3. The van der Waals surface area contributed by atoms with Crippen molar-refractivity contribution in [3.05, 3.63) is 36.4 Å². The highest BCUT2D eigenvalue weighted by Crippen LogP contribution is 2.01. The molecule has 0 aliphatic rings. The van der Waals surface area contributed by atoms with Crippen LogP contribution in [-0.4, -0.2) is 24.4 Å². The van der Waals surface area contributed by atoms with Crippen LogP contribution in [0.2, 0.25) is 0 Å². The van der Waals surface area contributed by atoms with Gasteiger partial charge in [-0.05, 0) is 6.92 Å². The second-order valence-electron chi connectivity index (χ2n) is 2.78. The van der Waals surface area contributed by atoms with Crippen molar-refractivity contribution in [3.63, 3.8) is 0 Å². The maximum absolute atomic E-state index is 8.98. The summed E-state index contributed by atoms with van der Waals surface area (Å²) < 4.78 is 3.51. The Bertz CT molecular complexity index is 404. The molecule has 0 bridgehead atoms. The van der Waals surface area contributed by atoms with Crippen molar-refractivity contribution in [1.29, 1.82) is 0 Å². The van der Waals surface area contributed by atoms with Gasteiger partial charge in [0.1, 0.15) is 12.7 Å². The average Bonchev–Trinajstić information content (AvgIpc) is 2.71. The van der Waals surface area contributed by atoms with E-state index in [-0.39, 0.29) is 6.61 Å². The first-order valence-corrected chi connectivity index (χ1v) is 3.94. The Hall–Kier alpha value is -1.62. The molecule has 2 aromatic heterocycles. The number of aryl methyl sites for hydroxylation is 1. The van der Waals surface area contributed by atoms with Gasteiger partial charge in [-0.15, -0.1) is 0 Å². The van der Waals surface area contributed by atoms with Crippen LogP contribution >= 0.6 is 0 Å². The van der Waals surface area contributed by atoms with E-state index in [2.05, 4.69) is 9.97 Å². The van der Waals surface area contributed by atoms with Gasteiger partial charge in [0.2, 0.25) is 0 Å². The van der Waals surface area contributed by atoms with Gasteiger partial charge >= 0.3 is 0 Å². The van der Waals surface area contributed by atoms with Gasteiger partial charge in [-0.25, -0.2) is 19.3 Å². The van der Waals surface area contributed by atoms with Crippen molar-refractivity contribution in [1.82, 2.24) is 19.3 Å². The fraction of sp³-hybridized carbons (Fsp3) is 0.250. The molecule has 1 N–H and O–H groups in total. The molecule has 2 aromatic rings. The average molecular weight is 178 g/mol. The van der Waals surface area contributed by atoms with Crippen LogP contribution in [0.4, 0.5) is 0 Å². The molecule has 0 fully saturated rings. The van der Waals surface area contributed by atoms with E-state index in [1.54, 1.807) is 28.2 Å². The van der Waals surface area contributed by atoms with E-state index in [4.69, 9.17) is 5.11 Å². The van der Waals surface area contributed by atoms with Crippen LogP contribution in [0, 0.1) is 6.92 Å². The molecule has 0 atom stereocenters. The molecule has 0 amide bonds. The molecular formula is C8H10N4O. The molecule has 5 nitrogen and oxygen atoms in total. The molecule has 0 aliphatic heterocycles. The van der Waals surface area contributed by atoms with E-state index < -0.39 is 0 Å². The predicted molar refractivity (Wildman–Crippen MR) is 45.9 cm³/mol. The summed E-state index contributed by atoms with van der Waals surface area (Å²) in [6.07, 6.45) is 6.79. The summed E-state index contributed by atoms with van der Waals surface area (Å²) in [5.41, 5.74) is 1.66. The molecule has 2 rings (SSSR count). The van der Waals surface area contributed by atoms with Crippen molar-refractivity contribution < 1.29 is 5.11 Å². The first-order valence-electron chi connectivity index (χ1n) is 3.94. The molecule has 13 heavy (non-hydrogen) atoms. The SMILES string of the molecule is Cc1cn(-n2cncc2CO)cn1. The Morgan fingerprint density at radius 3 is 2.92 bits per heavy atom. The van der Waals surface area contributed by atoms with E-state index >= 15 is 0 Å². The normalized spacial score (nSPS) is 10.6. The van der Waals surface area contributed by atoms with Gasteiger partial charge in [-0.3, -0.25) is 0 Å². The minimum absolute atomic E-state index is 0.0305. The largest absolute Gasteiger partial charge is 0.390 e. The van der Waals surface area contributed by atoms with E-state index in [1.807, 2.05) is 13.1 Å². The molecule has 68 valence electrons. The van der Waals surface area contributed by atoms with Gasteiger partial charge in [0.15, 0.2) is 0 Å². The Morgan fingerprint density at radius 1 is 1.46 bits per heavy atom.